The van der Waals surface area contributed by atoms with E-state index in [0.717, 1.165) is 38.5 Å². The normalized spacial score (nSPS) is 14.0. The zero-order chi connectivity index (χ0) is 45.0. The predicted octanol–water partition coefficient (Wildman–Crippen LogP) is 15.7. The number of likely N-dealkylation sites (N-methyl/N-ethyl adjacent to an activating group) is 1. The molecule has 0 radical (unpaired) electrons. The molecule has 1 amide bonds. The standard InChI is InChI=1S/C52H107N2O6P/c1-6-8-10-12-14-15-16-17-18-19-20-21-22-23-24-25-26-27-28-29-30-31-32-33-34-35-36-37-38-39-40-41-43-45-51(55)50(53-52(56)46-44-42-13-11-9-7-2)49-60-61(57,58)59-48-47-54(3,4)5/h50-51,55H,6-49H2,1-5H3,(H-,53,56,57,58)/p+1. The van der Waals surface area contributed by atoms with Crippen LogP contribution >= 0.6 is 7.82 Å². The Morgan fingerprint density at radius 1 is 0.492 bits per heavy atom. The lowest BCUT2D eigenvalue weighted by molar-refractivity contribution is -0.870. The summed E-state index contributed by atoms with van der Waals surface area (Å²) in [5.41, 5.74) is 0. The van der Waals surface area contributed by atoms with Gasteiger partial charge in [0.1, 0.15) is 13.2 Å². The average molecular weight is 888 g/mol. The summed E-state index contributed by atoms with van der Waals surface area (Å²) < 4.78 is 23.6. The number of hydrogen-bond acceptors (Lipinski definition) is 5. The number of nitrogens with zero attached hydrogens (tertiary/aromatic N) is 1. The molecule has 3 unspecified atom stereocenters. The lowest BCUT2D eigenvalue weighted by Gasteiger charge is -2.26. The van der Waals surface area contributed by atoms with Gasteiger partial charge in [0.2, 0.25) is 5.91 Å². The number of rotatable bonds is 50. The van der Waals surface area contributed by atoms with Crippen molar-refractivity contribution in [2.75, 3.05) is 40.9 Å². The Bertz CT molecular complexity index is 963. The number of hydrogen-bond donors (Lipinski definition) is 3. The van der Waals surface area contributed by atoms with Gasteiger partial charge in [-0.1, -0.05) is 258 Å². The van der Waals surface area contributed by atoms with Gasteiger partial charge in [-0.2, -0.15) is 0 Å². The maximum Gasteiger partial charge on any atom is 0.472 e. The van der Waals surface area contributed by atoms with Gasteiger partial charge in [-0.25, -0.2) is 4.57 Å². The molecule has 0 fully saturated rings. The third kappa shape index (κ3) is 47.3. The largest absolute Gasteiger partial charge is 0.472 e. The maximum atomic E-state index is 12.7. The van der Waals surface area contributed by atoms with Crippen LogP contribution in [0.25, 0.3) is 0 Å². The van der Waals surface area contributed by atoms with Gasteiger partial charge in [0.05, 0.1) is 39.9 Å². The zero-order valence-corrected chi connectivity index (χ0v) is 42.6. The molecule has 0 saturated heterocycles. The van der Waals surface area contributed by atoms with Crippen molar-refractivity contribution in [2.24, 2.45) is 0 Å². The molecule has 0 bridgehead atoms. The van der Waals surface area contributed by atoms with E-state index in [2.05, 4.69) is 19.2 Å². The fourth-order valence-electron chi connectivity index (χ4n) is 8.34. The number of nitrogens with one attached hydrogen (secondary N) is 1. The fourth-order valence-corrected chi connectivity index (χ4v) is 9.08. The van der Waals surface area contributed by atoms with Crippen molar-refractivity contribution in [1.82, 2.24) is 5.32 Å². The summed E-state index contributed by atoms with van der Waals surface area (Å²) in [6.07, 6.45) is 52.1. The Kier molecular flexibility index (Phi) is 44.3. The van der Waals surface area contributed by atoms with Gasteiger partial charge in [-0.05, 0) is 12.8 Å². The summed E-state index contributed by atoms with van der Waals surface area (Å²) in [6, 6.07) is -0.751. The molecule has 0 aromatic carbocycles. The van der Waals surface area contributed by atoms with Crippen molar-refractivity contribution in [3.8, 4) is 0 Å². The number of amides is 1. The van der Waals surface area contributed by atoms with Crippen LogP contribution in [0.3, 0.4) is 0 Å². The van der Waals surface area contributed by atoms with Crippen molar-refractivity contribution >= 4 is 13.7 Å². The lowest BCUT2D eigenvalue weighted by Crippen LogP contribution is -2.46. The minimum atomic E-state index is -4.30. The minimum Gasteiger partial charge on any atom is -0.391 e. The molecule has 0 saturated carbocycles. The van der Waals surface area contributed by atoms with Crippen molar-refractivity contribution < 1.29 is 32.9 Å². The number of carbonyl (C=O) groups excluding carboxylic acids is 1. The quantitative estimate of drug-likeness (QED) is 0.0319. The second kappa shape index (κ2) is 44.7. The number of unbranched alkanes of at least 4 members (excludes halogenated alkanes) is 37. The van der Waals surface area contributed by atoms with Crippen LogP contribution in [-0.4, -0.2) is 73.4 Å². The Hall–Kier alpha value is -0.500. The monoisotopic (exact) mass is 888 g/mol. The molecule has 0 aliphatic carbocycles. The highest BCUT2D eigenvalue weighted by molar-refractivity contribution is 7.47. The highest BCUT2D eigenvalue weighted by Gasteiger charge is 2.28. The van der Waals surface area contributed by atoms with Crippen molar-refractivity contribution in [2.45, 2.75) is 289 Å². The van der Waals surface area contributed by atoms with Crippen LogP contribution in [-0.2, 0) is 18.4 Å². The molecule has 0 rings (SSSR count). The second-order valence-corrected chi connectivity index (χ2v) is 21.4. The van der Waals surface area contributed by atoms with E-state index >= 15 is 0 Å². The lowest BCUT2D eigenvalue weighted by atomic mass is 10.0. The van der Waals surface area contributed by atoms with Crippen LogP contribution < -0.4 is 5.32 Å². The van der Waals surface area contributed by atoms with Crippen molar-refractivity contribution in [3.05, 3.63) is 0 Å². The zero-order valence-electron chi connectivity index (χ0n) is 41.7. The highest BCUT2D eigenvalue weighted by atomic mass is 31.2. The minimum absolute atomic E-state index is 0.0780. The van der Waals surface area contributed by atoms with E-state index < -0.39 is 20.0 Å². The van der Waals surface area contributed by atoms with Crippen molar-refractivity contribution in [1.29, 1.82) is 0 Å². The van der Waals surface area contributed by atoms with E-state index in [4.69, 9.17) is 9.05 Å². The second-order valence-electron chi connectivity index (χ2n) is 20.0. The Morgan fingerprint density at radius 2 is 0.787 bits per heavy atom. The molecule has 0 aliphatic rings. The topological polar surface area (TPSA) is 105 Å². The summed E-state index contributed by atoms with van der Waals surface area (Å²) in [5, 5.41) is 13.9. The van der Waals surface area contributed by atoms with Crippen molar-refractivity contribution in [3.63, 3.8) is 0 Å². The molecule has 0 spiro atoms. The van der Waals surface area contributed by atoms with Gasteiger partial charge < -0.3 is 19.8 Å². The first kappa shape index (κ1) is 60.5. The van der Waals surface area contributed by atoms with E-state index in [0.29, 0.717) is 23.9 Å². The first-order chi connectivity index (χ1) is 29.5. The van der Waals surface area contributed by atoms with E-state index in [1.807, 2.05) is 21.1 Å². The molecule has 8 nitrogen and oxygen atoms in total. The van der Waals surface area contributed by atoms with Gasteiger partial charge in [0, 0.05) is 6.42 Å². The Labute approximate surface area is 380 Å². The number of phosphoric acid groups is 1. The first-order valence-corrected chi connectivity index (χ1v) is 28.4. The summed E-state index contributed by atoms with van der Waals surface area (Å²) in [5.74, 6) is -0.150. The van der Waals surface area contributed by atoms with Crippen LogP contribution in [0.2, 0.25) is 0 Å². The van der Waals surface area contributed by atoms with Crippen LogP contribution in [0.4, 0.5) is 0 Å². The van der Waals surface area contributed by atoms with Crippen LogP contribution in [0, 0.1) is 0 Å². The molecule has 0 heterocycles. The number of carbonyl (C=O) groups is 1. The number of quaternary nitrogens is 1. The van der Waals surface area contributed by atoms with Gasteiger partial charge in [-0.3, -0.25) is 13.8 Å². The maximum absolute atomic E-state index is 12.7. The number of aliphatic hydroxyl groups is 1. The fraction of sp³-hybridized carbons (Fsp3) is 0.981. The molecular formula is C52H108N2O6P+. The molecular weight excluding hydrogens is 780 g/mol. The molecule has 0 aliphatic heterocycles. The molecule has 0 aromatic rings. The highest BCUT2D eigenvalue weighted by Crippen LogP contribution is 2.43. The molecule has 3 atom stereocenters. The smallest absolute Gasteiger partial charge is 0.391 e. The summed E-state index contributed by atoms with van der Waals surface area (Å²) in [7, 11) is 1.63. The van der Waals surface area contributed by atoms with E-state index in [1.54, 1.807) is 0 Å². The molecule has 9 heteroatoms. The summed E-state index contributed by atoms with van der Waals surface area (Å²) in [6.45, 7) is 4.85. The Morgan fingerprint density at radius 3 is 1.10 bits per heavy atom. The summed E-state index contributed by atoms with van der Waals surface area (Å²) in [4.78, 5) is 23.0. The van der Waals surface area contributed by atoms with Gasteiger partial charge in [0.25, 0.3) is 0 Å². The number of phosphoric ester groups is 1. The van der Waals surface area contributed by atoms with Gasteiger partial charge in [0.15, 0.2) is 0 Å². The van der Waals surface area contributed by atoms with E-state index in [9.17, 15) is 19.4 Å². The van der Waals surface area contributed by atoms with Crippen LogP contribution in [0.15, 0.2) is 0 Å². The molecule has 61 heavy (non-hydrogen) atoms. The number of aliphatic hydroxyl groups excluding tert-OH is 1. The average Bonchev–Trinajstić information content (AvgIpc) is 3.21. The predicted molar refractivity (Wildman–Crippen MR) is 263 cm³/mol. The SMILES string of the molecule is CCCCCCCCCCCCCCCCCCCCCCCCCCCCCCCCCCCC(O)C(COP(=O)(O)OCC[N+](C)(C)C)NC(=O)CCCCCCCC. The third-order valence-electron chi connectivity index (χ3n) is 12.6. The first-order valence-electron chi connectivity index (χ1n) is 26.9. The van der Waals surface area contributed by atoms with E-state index in [-0.39, 0.29) is 19.1 Å². The summed E-state index contributed by atoms with van der Waals surface area (Å²) >= 11 is 0. The van der Waals surface area contributed by atoms with Crippen LogP contribution in [0.5, 0.6) is 0 Å². The van der Waals surface area contributed by atoms with Crippen LogP contribution in [0.1, 0.15) is 277 Å². The van der Waals surface area contributed by atoms with Gasteiger partial charge in [-0.15, -0.1) is 0 Å². The van der Waals surface area contributed by atoms with E-state index in [1.165, 1.54) is 212 Å². The Balaban J connectivity index is 3.79. The van der Waals surface area contributed by atoms with Gasteiger partial charge >= 0.3 is 7.82 Å². The molecule has 366 valence electrons. The third-order valence-corrected chi connectivity index (χ3v) is 13.6. The molecule has 0 aromatic heterocycles. The molecule has 3 N–H and O–H groups in total.